The number of aliphatic hydroxyl groups excluding tert-OH is 2. The Labute approximate surface area is 105 Å². The third-order valence-corrected chi connectivity index (χ3v) is 3.23. The molecule has 1 aliphatic rings. The molecular formula is C11H20N2O5. The average molecular weight is 260 g/mol. The molecule has 0 aromatic carbocycles. The molecule has 0 bridgehead atoms. The van der Waals surface area contributed by atoms with Crippen LogP contribution < -0.4 is 5.32 Å². The lowest BCUT2D eigenvalue weighted by molar-refractivity contribution is -0.141. The van der Waals surface area contributed by atoms with Crippen LogP contribution in [0.3, 0.4) is 0 Å². The summed E-state index contributed by atoms with van der Waals surface area (Å²) >= 11 is 0. The number of amides is 2. The van der Waals surface area contributed by atoms with Crippen molar-refractivity contribution in [3.63, 3.8) is 0 Å². The van der Waals surface area contributed by atoms with Gasteiger partial charge in [0.1, 0.15) is 0 Å². The quantitative estimate of drug-likeness (QED) is 0.533. The number of likely N-dealkylation sites (tertiary alicyclic amines) is 1. The van der Waals surface area contributed by atoms with Crippen LogP contribution in [0.15, 0.2) is 0 Å². The van der Waals surface area contributed by atoms with Gasteiger partial charge in [0, 0.05) is 13.1 Å². The van der Waals surface area contributed by atoms with Crippen LogP contribution in [-0.2, 0) is 4.79 Å². The third-order valence-electron chi connectivity index (χ3n) is 3.23. The van der Waals surface area contributed by atoms with E-state index in [0.29, 0.717) is 13.0 Å². The highest BCUT2D eigenvalue weighted by molar-refractivity contribution is 5.83. The molecule has 0 aliphatic carbocycles. The van der Waals surface area contributed by atoms with Crippen LogP contribution in [0, 0.1) is 5.92 Å². The lowest BCUT2D eigenvalue weighted by atomic mass is 9.96. The molecule has 7 heteroatoms. The first-order valence-electron chi connectivity index (χ1n) is 5.97. The Balaban J connectivity index is 2.57. The van der Waals surface area contributed by atoms with Crippen LogP contribution in [0.2, 0.25) is 0 Å². The second-order valence-corrected chi connectivity index (χ2v) is 4.79. The largest absolute Gasteiger partial charge is 0.480 e. The number of hydrogen-bond donors (Lipinski definition) is 4. The number of hydrogen-bond acceptors (Lipinski definition) is 4. The Morgan fingerprint density at radius 2 is 2.06 bits per heavy atom. The number of carbonyl (C=O) groups is 2. The van der Waals surface area contributed by atoms with E-state index in [2.05, 4.69) is 5.32 Å². The van der Waals surface area contributed by atoms with Gasteiger partial charge in [0.25, 0.3) is 0 Å². The lowest BCUT2D eigenvalue weighted by Crippen LogP contribution is -2.55. The van der Waals surface area contributed by atoms with Crippen LogP contribution in [-0.4, -0.2) is 63.6 Å². The van der Waals surface area contributed by atoms with E-state index in [4.69, 9.17) is 5.11 Å². The maximum absolute atomic E-state index is 11.8. The van der Waals surface area contributed by atoms with Crippen LogP contribution in [0.5, 0.6) is 0 Å². The zero-order chi connectivity index (χ0) is 13.9. The minimum absolute atomic E-state index is 0.126. The van der Waals surface area contributed by atoms with Gasteiger partial charge in [-0.1, -0.05) is 6.92 Å². The van der Waals surface area contributed by atoms with E-state index < -0.39 is 30.3 Å². The van der Waals surface area contributed by atoms with Gasteiger partial charge in [-0.2, -0.15) is 0 Å². The number of nitrogens with one attached hydrogen (secondary N) is 1. The van der Waals surface area contributed by atoms with Gasteiger partial charge in [-0.15, -0.1) is 0 Å². The van der Waals surface area contributed by atoms with Crippen molar-refractivity contribution in [1.29, 1.82) is 0 Å². The maximum Gasteiger partial charge on any atom is 0.328 e. The van der Waals surface area contributed by atoms with Crippen molar-refractivity contribution in [2.24, 2.45) is 5.92 Å². The summed E-state index contributed by atoms with van der Waals surface area (Å²) in [5, 5.41) is 30.0. The van der Waals surface area contributed by atoms with Crippen molar-refractivity contribution in [1.82, 2.24) is 10.2 Å². The fourth-order valence-corrected chi connectivity index (χ4v) is 1.85. The Hall–Kier alpha value is -1.34. The fourth-order valence-electron chi connectivity index (χ4n) is 1.85. The molecule has 1 rings (SSSR count). The molecule has 0 radical (unpaired) electrons. The molecule has 2 amide bonds. The zero-order valence-corrected chi connectivity index (χ0v) is 10.5. The Morgan fingerprint density at radius 1 is 1.44 bits per heavy atom. The van der Waals surface area contributed by atoms with E-state index in [0.717, 1.165) is 0 Å². The van der Waals surface area contributed by atoms with Crippen LogP contribution in [0.25, 0.3) is 0 Å². The molecule has 2 unspecified atom stereocenters. The summed E-state index contributed by atoms with van der Waals surface area (Å²) in [6.07, 6.45) is -1.11. The third kappa shape index (κ3) is 3.58. The number of carboxylic acids is 1. The van der Waals surface area contributed by atoms with Gasteiger partial charge < -0.3 is 25.5 Å². The van der Waals surface area contributed by atoms with E-state index in [-0.39, 0.29) is 12.5 Å². The molecule has 4 atom stereocenters. The summed E-state index contributed by atoms with van der Waals surface area (Å²) in [7, 11) is 0. The highest BCUT2D eigenvalue weighted by Gasteiger charge is 2.31. The molecule has 0 spiro atoms. The van der Waals surface area contributed by atoms with Crippen molar-refractivity contribution < 1.29 is 24.9 Å². The smallest absolute Gasteiger partial charge is 0.328 e. The predicted octanol–water partition coefficient (Wildman–Crippen LogP) is -0.767. The van der Waals surface area contributed by atoms with E-state index in [1.807, 2.05) is 6.92 Å². The highest BCUT2D eigenvalue weighted by atomic mass is 16.4. The fraction of sp³-hybridized carbons (Fsp3) is 0.818. The first-order valence-corrected chi connectivity index (χ1v) is 5.97. The average Bonchev–Trinajstić information content (AvgIpc) is 2.28. The number of urea groups is 1. The summed E-state index contributed by atoms with van der Waals surface area (Å²) < 4.78 is 0. The van der Waals surface area contributed by atoms with Gasteiger partial charge in [0.05, 0.1) is 12.2 Å². The molecular weight excluding hydrogens is 240 g/mol. The van der Waals surface area contributed by atoms with Gasteiger partial charge in [-0.05, 0) is 19.3 Å². The van der Waals surface area contributed by atoms with Gasteiger partial charge >= 0.3 is 12.0 Å². The molecule has 1 aliphatic heterocycles. The standard InChI is InChI=1S/C11H20N2O5/c1-6-3-4-13(5-8(6)15)11(18)12-9(7(2)14)10(16)17/h6-9,14-15H,3-5H2,1-2H3,(H,12,18)(H,16,17)/t6?,7-,8?,9+/m1/s1. The molecule has 18 heavy (non-hydrogen) atoms. The summed E-state index contributed by atoms with van der Waals surface area (Å²) in [5.74, 6) is -1.16. The van der Waals surface area contributed by atoms with Gasteiger partial charge in [-0.3, -0.25) is 0 Å². The molecule has 0 aromatic heterocycles. The van der Waals surface area contributed by atoms with E-state index >= 15 is 0 Å². The number of aliphatic carboxylic acids is 1. The van der Waals surface area contributed by atoms with Crippen LogP contribution >= 0.6 is 0 Å². The number of nitrogens with zero attached hydrogens (tertiary/aromatic N) is 1. The SMILES string of the molecule is CC1CCN(C(=O)N[C@H](C(=O)O)[C@@H](C)O)CC1O. The van der Waals surface area contributed by atoms with Crippen molar-refractivity contribution in [2.75, 3.05) is 13.1 Å². The Bertz CT molecular complexity index is 321. The van der Waals surface area contributed by atoms with Gasteiger partial charge in [0.2, 0.25) is 0 Å². The van der Waals surface area contributed by atoms with Crippen molar-refractivity contribution in [3.8, 4) is 0 Å². The number of β-amino-alcohol motifs (C(OH)–C–C–N with tert-alkyl or cyclic N) is 1. The van der Waals surface area contributed by atoms with Gasteiger partial charge in [-0.25, -0.2) is 9.59 Å². The lowest BCUT2D eigenvalue weighted by Gasteiger charge is -2.35. The first-order chi connectivity index (χ1) is 8.32. The molecule has 104 valence electrons. The monoisotopic (exact) mass is 260 g/mol. The molecule has 1 fully saturated rings. The number of piperidine rings is 1. The summed E-state index contributed by atoms with van der Waals surface area (Å²) in [5.41, 5.74) is 0. The molecule has 1 saturated heterocycles. The molecule has 7 nitrogen and oxygen atoms in total. The van der Waals surface area contributed by atoms with Crippen molar-refractivity contribution >= 4 is 12.0 Å². The maximum atomic E-state index is 11.8. The minimum atomic E-state index is -1.34. The molecule has 0 saturated carbocycles. The molecule has 4 N–H and O–H groups in total. The highest BCUT2D eigenvalue weighted by Crippen LogP contribution is 2.16. The number of carboxylic acid groups (broad SMARTS) is 1. The van der Waals surface area contributed by atoms with Gasteiger partial charge in [0.15, 0.2) is 6.04 Å². The van der Waals surface area contributed by atoms with Crippen LogP contribution in [0.4, 0.5) is 4.79 Å². The Kier molecular flexibility index (Phi) is 4.92. The summed E-state index contributed by atoms with van der Waals surface area (Å²) in [4.78, 5) is 24.0. The second kappa shape index (κ2) is 6.01. The first kappa shape index (κ1) is 14.7. The Morgan fingerprint density at radius 3 is 2.50 bits per heavy atom. The number of carbonyl (C=O) groups excluding carboxylic acids is 1. The van der Waals surface area contributed by atoms with E-state index in [1.54, 1.807) is 0 Å². The summed E-state index contributed by atoms with van der Waals surface area (Å²) in [6, 6.07) is -1.91. The topological polar surface area (TPSA) is 110 Å². The molecule has 0 aromatic rings. The predicted molar refractivity (Wildman–Crippen MR) is 63.0 cm³/mol. The number of rotatable bonds is 3. The van der Waals surface area contributed by atoms with E-state index in [1.165, 1.54) is 11.8 Å². The van der Waals surface area contributed by atoms with Crippen molar-refractivity contribution in [3.05, 3.63) is 0 Å². The molecule has 1 heterocycles. The summed E-state index contributed by atoms with van der Waals surface area (Å²) in [6.45, 7) is 3.84. The normalized spacial score (nSPS) is 27.4. The number of aliphatic hydroxyl groups is 2. The van der Waals surface area contributed by atoms with Crippen molar-refractivity contribution in [2.45, 2.75) is 38.5 Å². The minimum Gasteiger partial charge on any atom is -0.480 e. The van der Waals surface area contributed by atoms with E-state index in [9.17, 15) is 19.8 Å². The zero-order valence-electron chi connectivity index (χ0n) is 10.5. The van der Waals surface area contributed by atoms with Crippen LogP contribution in [0.1, 0.15) is 20.3 Å². The second-order valence-electron chi connectivity index (χ2n) is 4.79.